The van der Waals surface area contributed by atoms with E-state index in [1.807, 2.05) is 55.5 Å². The molecule has 0 heterocycles. The number of benzene rings is 2. The summed E-state index contributed by atoms with van der Waals surface area (Å²) >= 11 is 1.51. The summed E-state index contributed by atoms with van der Waals surface area (Å²) < 4.78 is 0. The maximum atomic E-state index is 12.3. The molecule has 0 aromatic heterocycles. The van der Waals surface area contributed by atoms with Crippen LogP contribution in [-0.4, -0.2) is 17.6 Å². The Balaban J connectivity index is 2.00. The predicted molar refractivity (Wildman–Crippen MR) is 94.5 cm³/mol. The Kier molecular flexibility index (Phi) is 6.23. The van der Waals surface area contributed by atoms with Crippen molar-refractivity contribution in [2.75, 3.05) is 11.1 Å². The molecule has 0 bridgehead atoms. The minimum Gasteiger partial charge on any atom is -0.370 e. The van der Waals surface area contributed by atoms with E-state index in [2.05, 4.69) is 5.32 Å². The lowest BCUT2D eigenvalue weighted by atomic mass is 10.1. The molecule has 2 rings (SSSR count). The molecule has 0 aliphatic heterocycles. The number of nitrogens with one attached hydrogen (secondary N) is 1. The van der Waals surface area contributed by atoms with E-state index in [1.165, 1.54) is 11.8 Å². The van der Waals surface area contributed by atoms with Crippen LogP contribution in [0.1, 0.15) is 17.5 Å². The fraction of sp³-hybridized carbons (Fsp3) is 0.222. The highest BCUT2D eigenvalue weighted by Crippen LogP contribution is 2.27. The second-order valence-corrected chi connectivity index (χ2v) is 6.35. The van der Waals surface area contributed by atoms with Crippen molar-refractivity contribution in [3.8, 4) is 0 Å². The maximum absolute atomic E-state index is 12.3. The van der Waals surface area contributed by atoms with Crippen molar-refractivity contribution >= 4 is 29.3 Å². The molecule has 0 aliphatic rings. The van der Waals surface area contributed by atoms with Gasteiger partial charge in [-0.3, -0.25) is 9.59 Å². The molecular weight excluding hydrogens is 308 g/mol. The quantitative estimate of drug-likeness (QED) is 0.767. The molecule has 0 saturated carbocycles. The summed E-state index contributed by atoms with van der Waals surface area (Å²) in [4.78, 5) is 24.0. The van der Waals surface area contributed by atoms with Gasteiger partial charge in [0.1, 0.15) is 0 Å². The largest absolute Gasteiger partial charge is 0.370 e. The SMILES string of the molecule is Cc1ccccc1CC(=O)Nc1ccccc1SCCC(N)=O. The number of nitrogens with two attached hydrogens (primary N) is 1. The van der Waals surface area contributed by atoms with Crippen molar-refractivity contribution in [2.45, 2.75) is 24.7 Å². The minimum absolute atomic E-state index is 0.0535. The second kappa shape index (κ2) is 8.39. The van der Waals surface area contributed by atoms with Crippen molar-refractivity contribution in [1.29, 1.82) is 0 Å². The smallest absolute Gasteiger partial charge is 0.228 e. The van der Waals surface area contributed by atoms with E-state index in [9.17, 15) is 9.59 Å². The van der Waals surface area contributed by atoms with E-state index in [0.29, 0.717) is 18.6 Å². The minimum atomic E-state index is -0.321. The lowest BCUT2D eigenvalue weighted by Crippen LogP contribution is -2.15. The van der Waals surface area contributed by atoms with Crippen molar-refractivity contribution in [2.24, 2.45) is 5.73 Å². The number of thioether (sulfide) groups is 1. The Morgan fingerprint density at radius 3 is 2.52 bits per heavy atom. The number of para-hydroxylation sites is 1. The topological polar surface area (TPSA) is 72.2 Å². The summed E-state index contributed by atoms with van der Waals surface area (Å²) in [5.41, 5.74) is 8.04. The molecule has 5 heteroatoms. The zero-order valence-corrected chi connectivity index (χ0v) is 13.9. The van der Waals surface area contributed by atoms with Gasteiger partial charge in [0, 0.05) is 17.1 Å². The number of hydrogen-bond acceptors (Lipinski definition) is 3. The fourth-order valence-corrected chi connectivity index (χ4v) is 3.11. The van der Waals surface area contributed by atoms with Crippen LogP contribution < -0.4 is 11.1 Å². The van der Waals surface area contributed by atoms with Gasteiger partial charge in [0.25, 0.3) is 0 Å². The van der Waals surface area contributed by atoms with Crippen LogP contribution in [0, 0.1) is 6.92 Å². The number of aryl methyl sites for hydroxylation is 1. The molecule has 0 saturated heterocycles. The Bertz CT molecular complexity index is 701. The molecule has 2 amide bonds. The van der Waals surface area contributed by atoms with Crippen LogP contribution in [0.3, 0.4) is 0 Å². The fourth-order valence-electron chi connectivity index (χ4n) is 2.13. The average molecular weight is 328 g/mol. The third kappa shape index (κ3) is 5.45. The van der Waals surface area contributed by atoms with Gasteiger partial charge in [0.05, 0.1) is 12.1 Å². The highest BCUT2D eigenvalue weighted by molar-refractivity contribution is 7.99. The first kappa shape index (κ1) is 17.1. The molecule has 2 aromatic rings. The summed E-state index contributed by atoms with van der Waals surface area (Å²) in [6.07, 6.45) is 0.656. The molecule has 0 atom stereocenters. The van der Waals surface area contributed by atoms with Gasteiger partial charge < -0.3 is 11.1 Å². The lowest BCUT2D eigenvalue weighted by Gasteiger charge is -2.11. The molecule has 0 aliphatic carbocycles. The van der Waals surface area contributed by atoms with E-state index >= 15 is 0 Å². The molecule has 0 spiro atoms. The van der Waals surface area contributed by atoms with Gasteiger partial charge in [-0.15, -0.1) is 11.8 Å². The molecule has 23 heavy (non-hydrogen) atoms. The van der Waals surface area contributed by atoms with Crippen LogP contribution in [0.2, 0.25) is 0 Å². The van der Waals surface area contributed by atoms with Gasteiger partial charge >= 0.3 is 0 Å². The van der Waals surface area contributed by atoms with Gasteiger partial charge in [0.15, 0.2) is 0 Å². The van der Waals surface area contributed by atoms with Gasteiger partial charge in [-0.25, -0.2) is 0 Å². The predicted octanol–water partition coefficient (Wildman–Crippen LogP) is 3.14. The lowest BCUT2D eigenvalue weighted by molar-refractivity contribution is -0.117. The van der Waals surface area contributed by atoms with Crippen LogP contribution in [0.5, 0.6) is 0 Å². The highest BCUT2D eigenvalue weighted by Gasteiger charge is 2.09. The van der Waals surface area contributed by atoms with Gasteiger partial charge in [0.2, 0.25) is 11.8 Å². The van der Waals surface area contributed by atoms with Gasteiger partial charge in [-0.2, -0.15) is 0 Å². The molecule has 120 valence electrons. The molecule has 2 aromatic carbocycles. The van der Waals surface area contributed by atoms with Crippen molar-refractivity contribution in [1.82, 2.24) is 0 Å². The van der Waals surface area contributed by atoms with E-state index in [1.54, 1.807) is 0 Å². The number of rotatable bonds is 7. The summed E-state index contributed by atoms with van der Waals surface area (Å²) in [6.45, 7) is 2.00. The van der Waals surface area contributed by atoms with Gasteiger partial charge in [-0.1, -0.05) is 36.4 Å². The van der Waals surface area contributed by atoms with Crippen molar-refractivity contribution in [3.63, 3.8) is 0 Å². The zero-order chi connectivity index (χ0) is 16.7. The number of primary amides is 1. The number of carbonyl (C=O) groups is 2. The molecule has 0 fully saturated rings. The molecule has 0 radical (unpaired) electrons. The average Bonchev–Trinajstić information content (AvgIpc) is 2.51. The van der Waals surface area contributed by atoms with Crippen LogP contribution in [0.4, 0.5) is 5.69 Å². The zero-order valence-electron chi connectivity index (χ0n) is 13.0. The molecule has 0 unspecified atom stereocenters. The Labute approximate surface area is 140 Å². The Hall–Kier alpha value is -2.27. The van der Waals surface area contributed by atoms with E-state index in [-0.39, 0.29) is 11.8 Å². The number of amides is 2. The first-order chi connectivity index (χ1) is 11.1. The van der Waals surface area contributed by atoms with Crippen LogP contribution in [0.25, 0.3) is 0 Å². The van der Waals surface area contributed by atoms with Gasteiger partial charge in [-0.05, 0) is 30.2 Å². The van der Waals surface area contributed by atoms with E-state index in [0.717, 1.165) is 21.7 Å². The number of carbonyl (C=O) groups excluding carboxylic acids is 2. The second-order valence-electron chi connectivity index (χ2n) is 5.21. The van der Waals surface area contributed by atoms with Crippen LogP contribution in [-0.2, 0) is 16.0 Å². The van der Waals surface area contributed by atoms with Crippen LogP contribution in [0.15, 0.2) is 53.4 Å². The van der Waals surface area contributed by atoms with Crippen LogP contribution >= 0.6 is 11.8 Å². The maximum Gasteiger partial charge on any atom is 0.228 e. The molecule has 4 nitrogen and oxygen atoms in total. The summed E-state index contributed by atoms with van der Waals surface area (Å²) in [6, 6.07) is 15.4. The van der Waals surface area contributed by atoms with Crippen molar-refractivity contribution in [3.05, 3.63) is 59.7 Å². The molecular formula is C18H20N2O2S. The third-order valence-electron chi connectivity index (χ3n) is 3.38. The Morgan fingerprint density at radius 1 is 1.09 bits per heavy atom. The first-order valence-corrected chi connectivity index (χ1v) is 8.39. The monoisotopic (exact) mass is 328 g/mol. The number of anilines is 1. The summed E-state index contributed by atoms with van der Waals surface area (Å²) in [7, 11) is 0. The van der Waals surface area contributed by atoms with E-state index in [4.69, 9.17) is 5.73 Å². The number of hydrogen-bond donors (Lipinski definition) is 2. The summed E-state index contributed by atoms with van der Waals surface area (Å²) in [5.74, 6) is 0.223. The highest BCUT2D eigenvalue weighted by atomic mass is 32.2. The normalized spacial score (nSPS) is 10.3. The first-order valence-electron chi connectivity index (χ1n) is 7.41. The molecule has 3 N–H and O–H groups in total. The Morgan fingerprint density at radius 2 is 1.78 bits per heavy atom. The standard InChI is InChI=1S/C18H20N2O2S/c1-13-6-2-3-7-14(13)12-18(22)20-15-8-4-5-9-16(15)23-11-10-17(19)21/h2-9H,10-12H2,1H3,(H2,19,21)(H,20,22). The summed E-state index contributed by atoms with van der Waals surface area (Å²) in [5, 5.41) is 2.95. The van der Waals surface area contributed by atoms with E-state index < -0.39 is 0 Å². The van der Waals surface area contributed by atoms with Crippen molar-refractivity contribution < 1.29 is 9.59 Å². The third-order valence-corrected chi connectivity index (χ3v) is 4.45.